The predicted octanol–water partition coefficient (Wildman–Crippen LogP) is 1.68. The predicted molar refractivity (Wildman–Crippen MR) is 255 cm³/mol. The number of fused-ring (bicyclic) bond motifs is 7. The van der Waals surface area contributed by atoms with Gasteiger partial charge in [-0.3, -0.25) is 4.79 Å². The van der Waals surface area contributed by atoms with E-state index in [9.17, 15) is 60.0 Å². The first kappa shape index (κ1) is 57.3. The lowest BCUT2D eigenvalue weighted by Crippen LogP contribution is -2.76. The Labute approximate surface area is 427 Å². The minimum absolute atomic E-state index is 0.178. The molecule has 7 rings (SSSR count). The lowest BCUT2D eigenvalue weighted by Gasteiger charge is -2.73. The third-order valence-electron chi connectivity index (χ3n) is 19.7. The molecule has 8 N–H and O–H groups in total. The average molecular weight is 1040 g/mol. The minimum atomic E-state index is -1.91. The van der Waals surface area contributed by atoms with Crippen LogP contribution in [0.2, 0.25) is 0 Å². The smallest absolute Gasteiger partial charge is 0.337 e. The summed E-state index contributed by atoms with van der Waals surface area (Å²) in [6.07, 6.45) is -15.2. The molecule has 4 saturated carbocycles. The van der Waals surface area contributed by atoms with Crippen molar-refractivity contribution in [2.75, 3.05) is 27.4 Å². The summed E-state index contributed by atoms with van der Waals surface area (Å²) in [5.41, 5.74) is -5.38. The van der Waals surface area contributed by atoms with Gasteiger partial charge in [-0.1, -0.05) is 58.4 Å². The zero-order valence-electron chi connectivity index (χ0n) is 44.2. The van der Waals surface area contributed by atoms with Gasteiger partial charge in [-0.05, 0) is 102 Å². The van der Waals surface area contributed by atoms with Crippen LogP contribution in [0.3, 0.4) is 0 Å². The fourth-order valence-electron chi connectivity index (χ4n) is 15.0. The molecule has 0 aromatic rings. The van der Waals surface area contributed by atoms with Crippen molar-refractivity contribution >= 4 is 23.9 Å². The third-order valence-corrected chi connectivity index (χ3v) is 19.7. The number of allylic oxidation sites excluding steroid dienone is 3. The van der Waals surface area contributed by atoms with Crippen molar-refractivity contribution in [2.45, 2.75) is 194 Å². The van der Waals surface area contributed by atoms with E-state index in [1.807, 2.05) is 20.8 Å². The molecular weight excluding hydrogens is 957 g/mol. The summed E-state index contributed by atoms with van der Waals surface area (Å²) in [6.45, 7) is 17.1. The number of hydrogen-bond acceptors (Lipinski definition) is 20. The van der Waals surface area contributed by atoms with Gasteiger partial charge in [0.15, 0.2) is 24.8 Å². The first-order valence-corrected chi connectivity index (χ1v) is 25.6. The zero-order chi connectivity index (χ0) is 54.3. The van der Waals surface area contributed by atoms with Crippen LogP contribution in [-0.4, -0.2) is 178 Å². The third kappa shape index (κ3) is 8.65. The highest BCUT2D eigenvalue weighted by Crippen LogP contribution is 2.76. The Hall–Kier alpha value is -3.38. The van der Waals surface area contributed by atoms with Crippen LogP contribution in [-0.2, 0) is 57.1 Å². The van der Waals surface area contributed by atoms with Gasteiger partial charge in [0.2, 0.25) is 0 Å². The van der Waals surface area contributed by atoms with Crippen LogP contribution in [0.25, 0.3) is 0 Å². The van der Waals surface area contributed by atoms with E-state index < -0.39 is 167 Å². The van der Waals surface area contributed by atoms with Crippen LogP contribution in [0, 0.1) is 50.2 Å². The van der Waals surface area contributed by atoms with E-state index in [4.69, 9.17) is 37.9 Å². The van der Waals surface area contributed by atoms with E-state index in [0.717, 1.165) is 12.7 Å². The maximum Gasteiger partial charge on any atom is 0.337 e. The molecule has 20 nitrogen and oxygen atoms in total. The quantitative estimate of drug-likeness (QED) is 0.0480. The summed E-state index contributed by atoms with van der Waals surface area (Å²) >= 11 is 0. The van der Waals surface area contributed by atoms with Crippen LogP contribution in [0.15, 0.2) is 34.9 Å². The van der Waals surface area contributed by atoms with Crippen LogP contribution in [0.5, 0.6) is 0 Å². The molecule has 6 unspecified atom stereocenters. The highest BCUT2D eigenvalue weighted by Gasteiger charge is 2.77. The summed E-state index contributed by atoms with van der Waals surface area (Å²) in [5, 5.41) is 91.9. The van der Waals surface area contributed by atoms with Gasteiger partial charge in [-0.15, -0.1) is 0 Å². The lowest BCUT2D eigenvalue weighted by atomic mass is 9.32. The molecule has 20 heteroatoms. The van der Waals surface area contributed by atoms with Gasteiger partial charge in [0.25, 0.3) is 0 Å². The second-order valence-corrected chi connectivity index (χ2v) is 23.4. The SMILES string of the molecule is C/C=C(/C)C(=O)OC1[C@H](OC(=O)/C(C)=C\C)C(C)(C)C[C@H]2C3=CCC4[C@@]5(C)CC[C@H](O[C@@H]6O[C@H](C(=O)OC)[C@@H](O)[C@H](O[C@@H]7OC[C@H](O)[C@@H](O)[C@H]7O)[C@H]6O)[C@@](C)(C(=O)OC)C5CC[C@@]4(C)C3(C)C(O)C(O)[C@@]12CO. The van der Waals surface area contributed by atoms with Crippen molar-refractivity contribution in [1.29, 1.82) is 0 Å². The van der Waals surface area contributed by atoms with Crippen molar-refractivity contribution in [2.24, 2.45) is 50.2 Å². The number of rotatable bonds is 11. The first-order chi connectivity index (χ1) is 34.1. The van der Waals surface area contributed by atoms with Gasteiger partial charge in [-0.25, -0.2) is 14.4 Å². The first-order valence-electron chi connectivity index (χ1n) is 25.6. The molecule has 2 saturated heterocycles. The zero-order valence-corrected chi connectivity index (χ0v) is 44.2. The van der Waals surface area contributed by atoms with E-state index in [2.05, 4.69) is 19.9 Å². The van der Waals surface area contributed by atoms with Gasteiger partial charge in [0, 0.05) is 22.0 Å². The second-order valence-electron chi connectivity index (χ2n) is 23.4. The summed E-state index contributed by atoms with van der Waals surface area (Å²) < 4.78 is 46.7. The van der Waals surface area contributed by atoms with Crippen molar-refractivity contribution in [3.63, 3.8) is 0 Å². The second kappa shape index (κ2) is 20.5. The van der Waals surface area contributed by atoms with Crippen LogP contribution >= 0.6 is 0 Å². The highest BCUT2D eigenvalue weighted by atomic mass is 16.7. The molecule has 2 heterocycles. The normalized spacial score (nSPS) is 47.6. The Morgan fingerprint density at radius 3 is 1.93 bits per heavy atom. The van der Waals surface area contributed by atoms with Crippen molar-refractivity contribution in [1.82, 2.24) is 0 Å². The van der Waals surface area contributed by atoms with E-state index in [0.29, 0.717) is 31.3 Å². The number of hydrogen-bond donors (Lipinski definition) is 8. The van der Waals surface area contributed by atoms with E-state index in [1.54, 1.807) is 46.8 Å². The highest BCUT2D eigenvalue weighted by molar-refractivity contribution is 5.89. The van der Waals surface area contributed by atoms with Crippen LogP contribution in [0.4, 0.5) is 0 Å². The van der Waals surface area contributed by atoms with E-state index in [1.165, 1.54) is 7.11 Å². The van der Waals surface area contributed by atoms with E-state index in [-0.39, 0.29) is 24.3 Å². The minimum Gasteiger partial charge on any atom is -0.469 e. The molecule has 6 fully saturated rings. The molecule has 7 aliphatic rings. The van der Waals surface area contributed by atoms with Gasteiger partial charge in [0.1, 0.15) is 42.7 Å². The number of carbonyl (C=O) groups excluding carboxylic acids is 4. The molecule has 0 aromatic carbocycles. The van der Waals surface area contributed by atoms with Crippen molar-refractivity contribution < 1.29 is 97.9 Å². The van der Waals surface area contributed by atoms with E-state index >= 15 is 0 Å². The molecule has 5 aliphatic carbocycles. The van der Waals surface area contributed by atoms with Crippen LogP contribution in [0.1, 0.15) is 108 Å². The fraction of sp³-hybridized carbons (Fsp3) is 0.811. The molecule has 0 radical (unpaired) electrons. The Kier molecular flexibility index (Phi) is 16.1. The van der Waals surface area contributed by atoms with Gasteiger partial charge in [0.05, 0.1) is 56.6 Å². The molecule has 73 heavy (non-hydrogen) atoms. The molecule has 0 spiro atoms. The number of carbonyl (C=O) groups is 4. The standard InChI is InChI=1S/C53H80O20/c1-13-24(3)42(62)72-40-41(73-43(63)25(4)14-2)53(23-54)27(21-48(40,5)6)26-15-16-29-49(7)19-18-31(51(9,47(65)67-12)30(49)17-20-50(29,8)52(26,10)38(60)39(53)61)69-46-35(59)36(34(58)37(71-46)44(64)66-11)70-45-33(57)32(56)28(55)22-68-45/h13-15,27-41,45-46,54-61H,16-23H2,1-12H3/b24-13-,25-14-/t27-,28-,29?,30?,31-,32+,33+,34-,35+,36-,37-,38?,39?,40-,41?,45-,46+,49+,50+,51-,52?,53-/m0/s1. The molecule has 2 aliphatic heterocycles. The Morgan fingerprint density at radius 2 is 1.36 bits per heavy atom. The van der Waals surface area contributed by atoms with Crippen molar-refractivity contribution in [3.8, 4) is 0 Å². The van der Waals surface area contributed by atoms with Crippen LogP contribution < -0.4 is 0 Å². The molecule has 0 aromatic heterocycles. The molecule has 0 bridgehead atoms. The Morgan fingerprint density at radius 1 is 0.740 bits per heavy atom. The number of methoxy groups -OCH3 is 2. The summed E-state index contributed by atoms with van der Waals surface area (Å²) in [7, 11) is 2.32. The maximum absolute atomic E-state index is 14.5. The van der Waals surface area contributed by atoms with Gasteiger partial charge >= 0.3 is 23.9 Å². The summed E-state index contributed by atoms with van der Waals surface area (Å²) in [6, 6.07) is 0. The monoisotopic (exact) mass is 1040 g/mol. The average Bonchev–Trinajstić information content (AvgIpc) is 3.36. The maximum atomic E-state index is 14.5. The Bertz CT molecular complexity index is 2210. The number of ether oxygens (including phenoxy) is 8. The summed E-state index contributed by atoms with van der Waals surface area (Å²) in [5.74, 6) is -4.48. The van der Waals surface area contributed by atoms with Crippen molar-refractivity contribution in [3.05, 3.63) is 34.9 Å². The summed E-state index contributed by atoms with van der Waals surface area (Å²) in [4.78, 5) is 54.9. The molecule has 412 valence electrons. The lowest BCUT2D eigenvalue weighted by molar-refractivity contribution is -0.357. The number of aliphatic hydroxyl groups excluding tert-OH is 8. The largest absolute Gasteiger partial charge is 0.469 e. The van der Waals surface area contributed by atoms with Gasteiger partial charge < -0.3 is 78.7 Å². The van der Waals surface area contributed by atoms with Gasteiger partial charge in [-0.2, -0.15) is 0 Å². The number of esters is 4. The topological polar surface area (TPSA) is 304 Å². The molecule has 0 amide bonds. The molecule has 22 atom stereocenters. The molecular formula is C53H80O20. The number of aliphatic hydroxyl groups is 8. The Balaban J connectivity index is 1.25. The fourth-order valence-corrected chi connectivity index (χ4v) is 15.0.